The minimum Gasteiger partial charge on any atom is -0.467 e. The molecule has 0 aliphatic heterocycles. The molecule has 1 heterocycles. The van der Waals surface area contributed by atoms with E-state index in [9.17, 15) is 9.59 Å². The molecule has 8 heteroatoms. The summed E-state index contributed by atoms with van der Waals surface area (Å²) < 4.78 is 9.90. The molecule has 0 atom stereocenters. The lowest BCUT2D eigenvalue weighted by molar-refractivity contribution is -0.117. The number of furan rings is 1. The van der Waals surface area contributed by atoms with E-state index in [0.717, 1.165) is 11.1 Å². The Balaban J connectivity index is 2.74. The van der Waals surface area contributed by atoms with Gasteiger partial charge in [-0.25, -0.2) is 4.79 Å². The lowest BCUT2D eigenvalue weighted by Gasteiger charge is -2.17. The van der Waals surface area contributed by atoms with Gasteiger partial charge in [-0.3, -0.25) is 9.69 Å². The van der Waals surface area contributed by atoms with Crippen LogP contribution in [0.5, 0.6) is 0 Å². The molecular weight excluding hydrogens is 288 g/mol. The van der Waals surface area contributed by atoms with Crippen LogP contribution in [0.4, 0.5) is 4.79 Å². The van der Waals surface area contributed by atoms with Gasteiger partial charge in [-0.1, -0.05) is 0 Å². The maximum Gasteiger partial charge on any atom is 0.413 e. The molecule has 1 aromatic rings. The van der Waals surface area contributed by atoms with Crippen molar-refractivity contribution in [1.82, 2.24) is 10.2 Å². The first-order valence-electron chi connectivity index (χ1n) is 6.68. The smallest absolute Gasteiger partial charge is 0.413 e. The van der Waals surface area contributed by atoms with Gasteiger partial charge < -0.3 is 20.2 Å². The SMILES string of the molecule is CCOC(=O)N(/C=C(/C#N)C(=O)NCc1ccco1)CCN. The van der Waals surface area contributed by atoms with Crippen molar-refractivity contribution in [2.75, 3.05) is 19.7 Å². The summed E-state index contributed by atoms with van der Waals surface area (Å²) in [6.45, 7) is 2.28. The van der Waals surface area contributed by atoms with Gasteiger partial charge in [0.15, 0.2) is 0 Å². The summed E-state index contributed by atoms with van der Waals surface area (Å²) in [6, 6.07) is 5.12. The lowest BCUT2D eigenvalue weighted by atomic mass is 10.3. The third-order valence-corrected chi connectivity index (χ3v) is 2.53. The van der Waals surface area contributed by atoms with Gasteiger partial charge in [0.25, 0.3) is 5.91 Å². The Hall–Kier alpha value is -2.79. The molecule has 0 aromatic carbocycles. The van der Waals surface area contributed by atoms with E-state index in [4.69, 9.17) is 20.1 Å². The fourth-order valence-corrected chi connectivity index (χ4v) is 1.52. The molecule has 0 aliphatic carbocycles. The summed E-state index contributed by atoms with van der Waals surface area (Å²) in [7, 11) is 0. The number of nitrogens with one attached hydrogen (secondary N) is 1. The molecule has 118 valence electrons. The van der Waals surface area contributed by atoms with Gasteiger partial charge in [0, 0.05) is 19.3 Å². The van der Waals surface area contributed by atoms with Gasteiger partial charge >= 0.3 is 6.09 Å². The molecule has 22 heavy (non-hydrogen) atoms. The van der Waals surface area contributed by atoms with Crippen LogP contribution >= 0.6 is 0 Å². The second kappa shape index (κ2) is 9.20. The maximum absolute atomic E-state index is 11.9. The zero-order chi connectivity index (χ0) is 16.4. The quantitative estimate of drug-likeness (QED) is 0.565. The molecule has 8 nitrogen and oxygen atoms in total. The predicted octanol–water partition coefficient (Wildman–Crippen LogP) is 0.720. The van der Waals surface area contributed by atoms with Crippen LogP contribution in [0.15, 0.2) is 34.6 Å². The van der Waals surface area contributed by atoms with Gasteiger partial charge in [-0.15, -0.1) is 0 Å². The third-order valence-electron chi connectivity index (χ3n) is 2.53. The summed E-state index contributed by atoms with van der Waals surface area (Å²) in [4.78, 5) is 24.7. The largest absolute Gasteiger partial charge is 0.467 e. The van der Waals surface area contributed by atoms with Crippen LogP contribution in [0.2, 0.25) is 0 Å². The highest BCUT2D eigenvalue weighted by atomic mass is 16.6. The molecular formula is C14H18N4O4. The third kappa shape index (κ3) is 5.30. The normalized spacial score (nSPS) is 10.7. The Kier molecular flexibility index (Phi) is 7.22. The molecule has 1 rings (SSSR count). The number of carbonyl (C=O) groups is 2. The number of rotatable bonds is 7. The van der Waals surface area contributed by atoms with Crippen molar-refractivity contribution >= 4 is 12.0 Å². The van der Waals surface area contributed by atoms with E-state index < -0.39 is 12.0 Å². The highest BCUT2D eigenvalue weighted by molar-refractivity contribution is 5.97. The predicted molar refractivity (Wildman–Crippen MR) is 77.0 cm³/mol. The summed E-state index contributed by atoms with van der Waals surface area (Å²) in [6.07, 6.45) is 1.94. The average molecular weight is 306 g/mol. The highest BCUT2D eigenvalue weighted by Crippen LogP contribution is 2.03. The van der Waals surface area contributed by atoms with Crippen molar-refractivity contribution < 1.29 is 18.7 Å². The average Bonchev–Trinajstić information content (AvgIpc) is 3.02. The van der Waals surface area contributed by atoms with E-state index in [1.165, 1.54) is 6.26 Å². The van der Waals surface area contributed by atoms with Crippen LogP contribution < -0.4 is 11.1 Å². The molecule has 0 saturated carbocycles. The van der Waals surface area contributed by atoms with E-state index in [1.807, 2.05) is 0 Å². The Morgan fingerprint density at radius 3 is 2.91 bits per heavy atom. The molecule has 0 radical (unpaired) electrons. The summed E-state index contributed by atoms with van der Waals surface area (Å²) in [5.74, 6) is -0.0694. The van der Waals surface area contributed by atoms with Crippen LogP contribution in [0, 0.1) is 11.3 Å². The lowest BCUT2D eigenvalue weighted by Crippen LogP contribution is -2.33. The topological polar surface area (TPSA) is 122 Å². The fourth-order valence-electron chi connectivity index (χ4n) is 1.52. The number of nitrogens with two attached hydrogens (primary N) is 1. The Bertz CT molecular complexity index is 560. The first-order chi connectivity index (χ1) is 10.6. The standard InChI is InChI=1S/C14H18N4O4/c1-2-21-14(20)18(6-5-15)10-11(8-16)13(19)17-9-12-4-3-7-22-12/h3-4,7,10H,2,5-6,9,15H2,1H3,(H,17,19)/b11-10-. The number of nitrogens with zero attached hydrogens (tertiary/aromatic N) is 2. The second-order valence-corrected chi connectivity index (χ2v) is 4.10. The molecule has 0 fully saturated rings. The Labute approximate surface area is 128 Å². The molecule has 0 spiro atoms. The number of ether oxygens (including phenoxy) is 1. The van der Waals surface area contributed by atoms with Gasteiger partial charge in [0.1, 0.15) is 17.4 Å². The number of hydrogen-bond donors (Lipinski definition) is 2. The van der Waals surface area contributed by atoms with Gasteiger partial charge in [-0.05, 0) is 19.1 Å². The number of hydrogen-bond acceptors (Lipinski definition) is 6. The van der Waals surface area contributed by atoms with E-state index in [0.29, 0.717) is 5.76 Å². The molecule has 3 N–H and O–H groups in total. The zero-order valence-corrected chi connectivity index (χ0v) is 12.2. The van der Waals surface area contributed by atoms with Crippen molar-refractivity contribution in [3.05, 3.63) is 35.9 Å². The molecule has 2 amide bonds. The molecule has 0 aliphatic rings. The zero-order valence-electron chi connectivity index (χ0n) is 12.2. The molecule has 0 bridgehead atoms. The van der Waals surface area contributed by atoms with Gasteiger partial charge in [0.2, 0.25) is 0 Å². The van der Waals surface area contributed by atoms with Crippen molar-refractivity contribution in [2.24, 2.45) is 5.73 Å². The van der Waals surface area contributed by atoms with Crippen molar-refractivity contribution in [2.45, 2.75) is 13.5 Å². The Morgan fingerprint density at radius 2 is 2.36 bits per heavy atom. The number of amides is 2. The highest BCUT2D eigenvalue weighted by Gasteiger charge is 2.16. The summed E-state index contributed by atoms with van der Waals surface area (Å²) in [5, 5.41) is 11.6. The first-order valence-corrected chi connectivity index (χ1v) is 6.68. The summed E-state index contributed by atoms with van der Waals surface area (Å²) in [5.41, 5.74) is 5.18. The Morgan fingerprint density at radius 1 is 1.59 bits per heavy atom. The van der Waals surface area contributed by atoms with Crippen LogP contribution in [-0.4, -0.2) is 36.6 Å². The van der Waals surface area contributed by atoms with Crippen molar-refractivity contribution in [3.8, 4) is 6.07 Å². The van der Waals surface area contributed by atoms with E-state index in [2.05, 4.69) is 5.32 Å². The maximum atomic E-state index is 11.9. The van der Waals surface area contributed by atoms with Gasteiger partial charge in [0.05, 0.1) is 19.4 Å². The van der Waals surface area contributed by atoms with Gasteiger partial charge in [-0.2, -0.15) is 5.26 Å². The molecule has 0 unspecified atom stereocenters. The van der Waals surface area contributed by atoms with E-state index in [1.54, 1.807) is 25.1 Å². The number of carbonyl (C=O) groups excluding carboxylic acids is 2. The monoisotopic (exact) mass is 306 g/mol. The minimum atomic E-state index is -0.667. The van der Waals surface area contributed by atoms with Crippen LogP contribution in [-0.2, 0) is 16.1 Å². The van der Waals surface area contributed by atoms with Crippen molar-refractivity contribution in [3.63, 3.8) is 0 Å². The minimum absolute atomic E-state index is 0.134. The van der Waals surface area contributed by atoms with Crippen LogP contribution in [0.25, 0.3) is 0 Å². The van der Waals surface area contributed by atoms with E-state index in [-0.39, 0.29) is 31.8 Å². The fraction of sp³-hybridized carbons (Fsp3) is 0.357. The molecule has 0 saturated heterocycles. The van der Waals surface area contributed by atoms with Crippen LogP contribution in [0.1, 0.15) is 12.7 Å². The second-order valence-electron chi connectivity index (χ2n) is 4.10. The van der Waals surface area contributed by atoms with E-state index >= 15 is 0 Å². The summed E-state index contributed by atoms with van der Waals surface area (Å²) >= 11 is 0. The van der Waals surface area contributed by atoms with Crippen molar-refractivity contribution in [1.29, 1.82) is 5.26 Å². The van der Waals surface area contributed by atoms with Crippen LogP contribution in [0.3, 0.4) is 0 Å². The molecule has 1 aromatic heterocycles. The number of nitriles is 1. The first kappa shape index (κ1) is 17.3.